The van der Waals surface area contributed by atoms with Crippen LogP contribution in [-0.2, 0) is 12.0 Å². The molecule has 0 spiro atoms. The minimum Gasteiger partial charge on any atom is -0.497 e. The monoisotopic (exact) mass is 276 g/mol. The van der Waals surface area contributed by atoms with Gasteiger partial charge in [0.1, 0.15) is 23.0 Å². The number of fused-ring (bicyclic) bond motifs is 1. The number of aryl methyl sites for hydroxylation is 1. The van der Waals surface area contributed by atoms with Crippen LogP contribution in [0.2, 0.25) is 0 Å². The van der Waals surface area contributed by atoms with Gasteiger partial charge in [0, 0.05) is 0 Å². The molecule has 2 aromatic rings. The summed E-state index contributed by atoms with van der Waals surface area (Å²) in [5, 5.41) is 10.9. The molecule has 4 heteroatoms. The molecule has 2 nitrogen and oxygen atoms in total. The fourth-order valence-corrected chi connectivity index (χ4v) is 2.89. The maximum atomic E-state index is 14.0. The molecular formula is C16H14F2O2. The van der Waals surface area contributed by atoms with Crippen LogP contribution in [0.1, 0.15) is 23.1 Å². The molecule has 2 aromatic carbocycles. The molecular weight excluding hydrogens is 262 g/mol. The van der Waals surface area contributed by atoms with Crippen LogP contribution in [0.5, 0.6) is 5.75 Å². The molecule has 0 bridgehead atoms. The number of rotatable bonds is 2. The topological polar surface area (TPSA) is 29.5 Å². The van der Waals surface area contributed by atoms with Gasteiger partial charge in [-0.05, 0) is 48.2 Å². The maximum absolute atomic E-state index is 14.0. The Morgan fingerprint density at radius 2 is 1.85 bits per heavy atom. The fraction of sp³-hybridized carbons (Fsp3) is 0.250. The number of hydrogen-bond acceptors (Lipinski definition) is 2. The Morgan fingerprint density at radius 3 is 2.50 bits per heavy atom. The largest absolute Gasteiger partial charge is 0.497 e. The Hall–Kier alpha value is -1.94. The van der Waals surface area contributed by atoms with Crippen LogP contribution in [-0.4, -0.2) is 12.2 Å². The zero-order valence-corrected chi connectivity index (χ0v) is 11.0. The summed E-state index contributed by atoms with van der Waals surface area (Å²) in [6.45, 7) is 0. The lowest BCUT2D eigenvalue weighted by molar-refractivity contribution is 0.0744. The van der Waals surface area contributed by atoms with E-state index < -0.39 is 17.2 Å². The van der Waals surface area contributed by atoms with E-state index in [4.69, 9.17) is 4.74 Å². The van der Waals surface area contributed by atoms with Gasteiger partial charge in [-0.3, -0.25) is 0 Å². The lowest BCUT2D eigenvalue weighted by Crippen LogP contribution is -2.27. The highest BCUT2D eigenvalue weighted by molar-refractivity contribution is 5.49. The van der Waals surface area contributed by atoms with Crippen molar-refractivity contribution in [3.8, 4) is 5.75 Å². The number of hydrogen-bond donors (Lipinski definition) is 1. The van der Waals surface area contributed by atoms with Crippen LogP contribution in [0.3, 0.4) is 0 Å². The molecule has 3 rings (SSSR count). The summed E-state index contributed by atoms with van der Waals surface area (Å²) < 4.78 is 33.1. The molecule has 104 valence electrons. The molecule has 1 unspecified atom stereocenters. The van der Waals surface area contributed by atoms with E-state index >= 15 is 0 Å². The van der Waals surface area contributed by atoms with Crippen molar-refractivity contribution in [3.63, 3.8) is 0 Å². The van der Waals surface area contributed by atoms with Gasteiger partial charge in [-0.15, -0.1) is 0 Å². The van der Waals surface area contributed by atoms with Gasteiger partial charge < -0.3 is 9.84 Å². The lowest BCUT2D eigenvalue weighted by Gasteiger charge is -2.26. The molecule has 0 saturated carbocycles. The molecule has 1 aliphatic carbocycles. The Kier molecular flexibility index (Phi) is 2.98. The van der Waals surface area contributed by atoms with Crippen LogP contribution < -0.4 is 4.74 Å². The Labute approximate surface area is 115 Å². The minimum atomic E-state index is -1.64. The number of aliphatic hydroxyl groups is 1. The predicted molar refractivity (Wildman–Crippen MR) is 70.7 cm³/mol. The van der Waals surface area contributed by atoms with Crippen molar-refractivity contribution in [1.29, 1.82) is 0 Å². The third-order valence-electron chi connectivity index (χ3n) is 3.90. The van der Waals surface area contributed by atoms with Gasteiger partial charge in [-0.1, -0.05) is 12.1 Å². The molecule has 0 fully saturated rings. The summed E-state index contributed by atoms with van der Waals surface area (Å²) >= 11 is 0. The molecule has 0 saturated heterocycles. The minimum absolute atomic E-state index is 0.257. The molecule has 1 atom stereocenters. The SMILES string of the molecule is COc1ccc2c(c1)C(O)(c1c(F)cccc1F)CC2. The summed E-state index contributed by atoms with van der Waals surface area (Å²) in [7, 11) is 1.51. The standard InChI is InChI=1S/C16H14F2O2/c1-20-11-6-5-10-7-8-16(19,12(10)9-11)15-13(17)3-2-4-14(15)18/h2-6,9,19H,7-8H2,1H3. The third kappa shape index (κ3) is 1.79. The number of benzene rings is 2. The summed E-state index contributed by atoms with van der Waals surface area (Å²) in [6.07, 6.45) is 0.830. The second-order valence-electron chi connectivity index (χ2n) is 4.98. The van der Waals surface area contributed by atoms with E-state index in [0.29, 0.717) is 17.7 Å². The van der Waals surface area contributed by atoms with E-state index in [1.807, 2.05) is 6.07 Å². The first-order chi connectivity index (χ1) is 9.56. The van der Waals surface area contributed by atoms with E-state index in [1.54, 1.807) is 12.1 Å². The van der Waals surface area contributed by atoms with Gasteiger partial charge in [-0.25, -0.2) is 8.78 Å². The average molecular weight is 276 g/mol. The highest BCUT2D eigenvalue weighted by Gasteiger charge is 2.42. The van der Waals surface area contributed by atoms with Crippen molar-refractivity contribution in [1.82, 2.24) is 0 Å². The van der Waals surface area contributed by atoms with Crippen molar-refractivity contribution < 1.29 is 18.6 Å². The first kappa shape index (κ1) is 13.1. The highest BCUT2D eigenvalue weighted by Crippen LogP contribution is 2.44. The normalized spacial score (nSPS) is 20.8. The van der Waals surface area contributed by atoms with Crippen molar-refractivity contribution in [2.45, 2.75) is 18.4 Å². The molecule has 0 aromatic heterocycles. The zero-order chi connectivity index (χ0) is 14.3. The van der Waals surface area contributed by atoms with E-state index in [0.717, 1.165) is 17.7 Å². The van der Waals surface area contributed by atoms with Crippen molar-refractivity contribution in [2.24, 2.45) is 0 Å². The van der Waals surface area contributed by atoms with Crippen LogP contribution in [0.4, 0.5) is 8.78 Å². The predicted octanol–water partition coefficient (Wildman–Crippen LogP) is 3.16. The van der Waals surface area contributed by atoms with E-state index in [-0.39, 0.29) is 12.0 Å². The Balaban J connectivity index is 2.21. The lowest BCUT2D eigenvalue weighted by atomic mass is 9.87. The summed E-state index contributed by atoms with van der Waals surface area (Å²) in [5.41, 5.74) is -0.525. The van der Waals surface area contributed by atoms with Crippen molar-refractivity contribution in [2.75, 3.05) is 7.11 Å². The first-order valence-electron chi connectivity index (χ1n) is 6.40. The van der Waals surface area contributed by atoms with Gasteiger partial charge >= 0.3 is 0 Å². The van der Waals surface area contributed by atoms with Crippen LogP contribution >= 0.6 is 0 Å². The second-order valence-corrected chi connectivity index (χ2v) is 4.98. The Bertz CT molecular complexity index is 649. The van der Waals surface area contributed by atoms with Crippen LogP contribution in [0.15, 0.2) is 36.4 Å². The third-order valence-corrected chi connectivity index (χ3v) is 3.90. The van der Waals surface area contributed by atoms with Crippen LogP contribution in [0, 0.1) is 11.6 Å². The van der Waals surface area contributed by atoms with Crippen molar-refractivity contribution >= 4 is 0 Å². The van der Waals surface area contributed by atoms with Gasteiger partial charge in [0.05, 0.1) is 12.7 Å². The van der Waals surface area contributed by atoms with Gasteiger partial charge in [0.2, 0.25) is 0 Å². The molecule has 1 N–H and O–H groups in total. The van der Waals surface area contributed by atoms with Crippen molar-refractivity contribution in [3.05, 3.63) is 64.7 Å². The van der Waals surface area contributed by atoms with Gasteiger partial charge in [0.25, 0.3) is 0 Å². The molecule has 0 radical (unpaired) electrons. The fourth-order valence-electron chi connectivity index (χ4n) is 2.89. The number of methoxy groups -OCH3 is 1. The van der Waals surface area contributed by atoms with E-state index in [2.05, 4.69) is 0 Å². The first-order valence-corrected chi connectivity index (χ1v) is 6.40. The van der Waals surface area contributed by atoms with E-state index in [1.165, 1.54) is 13.2 Å². The number of halogens is 2. The highest BCUT2D eigenvalue weighted by atomic mass is 19.1. The quantitative estimate of drug-likeness (QED) is 0.913. The average Bonchev–Trinajstić information content (AvgIpc) is 2.76. The summed E-state index contributed by atoms with van der Waals surface area (Å²) in [6, 6.07) is 8.86. The smallest absolute Gasteiger partial charge is 0.132 e. The summed E-state index contributed by atoms with van der Waals surface area (Å²) in [5.74, 6) is -0.910. The van der Waals surface area contributed by atoms with Gasteiger partial charge in [0.15, 0.2) is 0 Å². The number of ether oxygens (including phenoxy) is 1. The van der Waals surface area contributed by atoms with E-state index in [9.17, 15) is 13.9 Å². The second kappa shape index (κ2) is 4.56. The zero-order valence-electron chi connectivity index (χ0n) is 11.0. The summed E-state index contributed by atoms with van der Waals surface area (Å²) in [4.78, 5) is 0. The van der Waals surface area contributed by atoms with Crippen LogP contribution in [0.25, 0.3) is 0 Å². The molecule has 0 heterocycles. The molecule has 20 heavy (non-hydrogen) atoms. The molecule has 1 aliphatic rings. The van der Waals surface area contributed by atoms with Gasteiger partial charge in [-0.2, -0.15) is 0 Å². The molecule has 0 aliphatic heterocycles. The molecule has 0 amide bonds. The Morgan fingerprint density at radius 1 is 1.15 bits per heavy atom. The maximum Gasteiger partial charge on any atom is 0.132 e.